The van der Waals surface area contributed by atoms with Gasteiger partial charge in [0.1, 0.15) is 11.6 Å². The van der Waals surface area contributed by atoms with Crippen molar-refractivity contribution in [2.24, 2.45) is 0 Å². The van der Waals surface area contributed by atoms with Crippen molar-refractivity contribution in [1.82, 2.24) is 0 Å². The van der Waals surface area contributed by atoms with Crippen molar-refractivity contribution < 1.29 is 14.3 Å². The van der Waals surface area contributed by atoms with Gasteiger partial charge in [0, 0.05) is 12.2 Å². The van der Waals surface area contributed by atoms with Crippen LogP contribution in [0.4, 0.5) is 5.69 Å². The molecule has 0 fully saturated rings. The van der Waals surface area contributed by atoms with Gasteiger partial charge in [0.15, 0.2) is 6.61 Å². The summed E-state index contributed by atoms with van der Waals surface area (Å²) in [4.78, 5) is 26.3. The van der Waals surface area contributed by atoms with Crippen molar-refractivity contribution >= 4 is 23.6 Å². The van der Waals surface area contributed by atoms with Gasteiger partial charge < -0.3 is 9.64 Å². The predicted molar refractivity (Wildman–Crippen MR) is 108 cm³/mol. The monoisotopic (exact) mass is 374 g/mol. The fourth-order valence-electron chi connectivity index (χ4n) is 3.16. The Hall–Kier alpha value is -3.39. The van der Waals surface area contributed by atoms with Crippen LogP contribution in [0, 0.1) is 11.3 Å². The molecule has 1 heterocycles. The smallest absolute Gasteiger partial charge is 0.349 e. The number of fused-ring (bicyclic) bond motifs is 1. The first-order valence-electron chi connectivity index (χ1n) is 9.26. The Bertz CT molecular complexity index is 953. The molecule has 0 saturated heterocycles. The molecule has 3 rings (SSSR count). The molecule has 0 aromatic heterocycles. The van der Waals surface area contributed by atoms with Crippen LogP contribution >= 0.6 is 0 Å². The molecule has 1 aliphatic rings. The summed E-state index contributed by atoms with van der Waals surface area (Å²) in [7, 11) is 0. The van der Waals surface area contributed by atoms with E-state index in [4.69, 9.17) is 4.74 Å². The van der Waals surface area contributed by atoms with E-state index in [-0.39, 0.29) is 11.5 Å². The normalized spacial score (nSPS) is 13.2. The third-order valence-corrected chi connectivity index (χ3v) is 4.77. The van der Waals surface area contributed by atoms with Crippen LogP contribution in [-0.2, 0) is 20.7 Å². The zero-order valence-corrected chi connectivity index (χ0v) is 16.0. The standard InChI is InChI=1S/C23H22N2O3/c1-16(2)18-9-7-17(8-10-18)13-20(14-24)23(27)28-15-22(26)25-12-11-19-5-3-4-6-21(19)25/h3-10,13,16H,11-12,15H2,1-2H3/b20-13+. The van der Waals surface area contributed by atoms with E-state index in [2.05, 4.69) is 13.8 Å². The molecule has 0 spiro atoms. The molecule has 0 bridgehead atoms. The van der Waals surface area contributed by atoms with Crippen LogP contribution in [0.1, 0.15) is 36.5 Å². The summed E-state index contributed by atoms with van der Waals surface area (Å²) in [6.07, 6.45) is 2.26. The fourth-order valence-corrected chi connectivity index (χ4v) is 3.16. The lowest BCUT2D eigenvalue weighted by molar-refractivity contribution is -0.143. The van der Waals surface area contributed by atoms with Gasteiger partial charge >= 0.3 is 5.97 Å². The highest BCUT2D eigenvalue weighted by atomic mass is 16.5. The van der Waals surface area contributed by atoms with Gasteiger partial charge in [0.2, 0.25) is 0 Å². The average Bonchev–Trinajstić information content (AvgIpc) is 3.14. The third-order valence-electron chi connectivity index (χ3n) is 4.77. The fraction of sp³-hybridized carbons (Fsp3) is 0.261. The molecule has 1 amide bonds. The number of hydrogen-bond donors (Lipinski definition) is 0. The van der Waals surface area contributed by atoms with Gasteiger partial charge in [0.25, 0.3) is 5.91 Å². The number of hydrogen-bond acceptors (Lipinski definition) is 4. The summed E-state index contributed by atoms with van der Waals surface area (Å²) in [6, 6.07) is 17.2. The molecule has 28 heavy (non-hydrogen) atoms. The molecule has 0 radical (unpaired) electrons. The van der Waals surface area contributed by atoms with Crippen LogP contribution in [0.3, 0.4) is 0 Å². The Morgan fingerprint density at radius 1 is 1.18 bits per heavy atom. The van der Waals surface area contributed by atoms with Crippen molar-refractivity contribution in [3.05, 3.63) is 70.8 Å². The zero-order valence-electron chi connectivity index (χ0n) is 16.0. The van der Waals surface area contributed by atoms with Crippen LogP contribution in [0.25, 0.3) is 6.08 Å². The maximum absolute atomic E-state index is 12.4. The van der Waals surface area contributed by atoms with Crippen molar-refractivity contribution in [2.75, 3.05) is 18.1 Å². The molecule has 5 nitrogen and oxygen atoms in total. The second kappa shape index (κ2) is 8.53. The highest BCUT2D eigenvalue weighted by molar-refractivity contribution is 6.01. The van der Waals surface area contributed by atoms with E-state index in [9.17, 15) is 14.9 Å². The molecule has 0 N–H and O–H groups in total. The van der Waals surface area contributed by atoms with E-state index in [1.54, 1.807) is 4.90 Å². The molecule has 0 saturated carbocycles. The topological polar surface area (TPSA) is 70.4 Å². The number of carbonyl (C=O) groups excluding carboxylic acids is 2. The number of anilines is 1. The summed E-state index contributed by atoms with van der Waals surface area (Å²) in [5, 5.41) is 9.29. The number of nitriles is 1. The highest BCUT2D eigenvalue weighted by Crippen LogP contribution is 2.27. The lowest BCUT2D eigenvalue weighted by atomic mass is 10.0. The molecule has 0 aliphatic carbocycles. The Balaban J connectivity index is 1.63. The Labute approximate surface area is 164 Å². The number of carbonyl (C=O) groups is 2. The number of amides is 1. The molecule has 2 aromatic rings. The van der Waals surface area contributed by atoms with Crippen molar-refractivity contribution in [2.45, 2.75) is 26.2 Å². The van der Waals surface area contributed by atoms with Crippen LogP contribution in [0.5, 0.6) is 0 Å². The van der Waals surface area contributed by atoms with E-state index in [1.165, 1.54) is 11.6 Å². The maximum Gasteiger partial charge on any atom is 0.349 e. The van der Waals surface area contributed by atoms with Crippen molar-refractivity contribution in [3.8, 4) is 6.07 Å². The van der Waals surface area contributed by atoms with Gasteiger partial charge in [-0.05, 0) is 41.2 Å². The van der Waals surface area contributed by atoms with Gasteiger partial charge in [-0.15, -0.1) is 0 Å². The summed E-state index contributed by atoms with van der Waals surface area (Å²) in [5.41, 5.74) is 3.73. The van der Waals surface area contributed by atoms with E-state index >= 15 is 0 Å². The van der Waals surface area contributed by atoms with E-state index in [1.807, 2.05) is 54.6 Å². The van der Waals surface area contributed by atoms with Gasteiger partial charge in [-0.3, -0.25) is 4.79 Å². The Morgan fingerprint density at radius 2 is 1.89 bits per heavy atom. The molecular weight excluding hydrogens is 352 g/mol. The number of ether oxygens (including phenoxy) is 1. The molecule has 5 heteroatoms. The van der Waals surface area contributed by atoms with E-state index in [0.717, 1.165) is 23.2 Å². The van der Waals surface area contributed by atoms with Crippen LogP contribution in [0.15, 0.2) is 54.1 Å². The highest BCUT2D eigenvalue weighted by Gasteiger charge is 2.25. The number of para-hydroxylation sites is 1. The second-order valence-electron chi connectivity index (χ2n) is 6.99. The molecule has 0 atom stereocenters. The first kappa shape index (κ1) is 19.4. The number of benzene rings is 2. The first-order valence-corrected chi connectivity index (χ1v) is 9.26. The molecule has 2 aromatic carbocycles. The minimum absolute atomic E-state index is 0.132. The minimum atomic E-state index is -0.795. The Kier molecular flexibility index (Phi) is 5.90. The maximum atomic E-state index is 12.4. The van der Waals surface area contributed by atoms with Gasteiger partial charge in [0.05, 0.1) is 0 Å². The van der Waals surface area contributed by atoms with Gasteiger partial charge in [-0.1, -0.05) is 56.3 Å². The van der Waals surface area contributed by atoms with E-state index in [0.29, 0.717) is 12.5 Å². The average molecular weight is 374 g/mol. The lowest BCUT2D eigenvalue weighted by Crippen LogP contribution is -2.33. The predicted octanol–water partition coefficient (Wildman–Crippen LogP) is 3.85. The number of rotatable bonds is 5. The Morgan fingerprint density at radius 3 is 2.57 bits per heavy atom. The summed E-state index contributed by atoms with van der Waals surface area (Å²) < 4.78 is 5.10. The summed E-state index contributed by atoms with van der Waals surface area (Å²) >= 11 is 0. The lowest BCUT2D eigenvalue weighted by Gasteiger charge is -2.17. The van der Waals surface area contributed by atoms with Crippen LogP contribution < -0.4 is 4.90 Å². The molecular formula is C23H22N2O3. The number of nitrogens with zero attached hydrogens (tertiary/aromatic N) is 2. The minimum Gasteiger partial charge on any atom is -0.451 e. The zero-order chi connectivity index (χ0) is 20.1. The molecule has 142 valence electrons. The van der Waals surface area contributed by atoms with Crippen LogP contribution in [-0.4, -0.2) is 25.0 Å². The van der Waals surface area contributed by atoms with E-state index < -0.39 is 12.6 Å². The quantitative estimate of drug-likeness (QED) is 0.453. The summed E-state index contributed by atoms with van der Waals surface area (Å²) in [5.74, 6) is -0.687. The third kappa shape index (κ3) is 4.29. The van der Waals surface area contributed by atoms with Crippen molar-refractivity contribution in [1.29, 1.82) is 5.26 Å². The van der Waals surface area contributed by atoms with Gasteiger partial charge in [-0.25, -0.2) is 4.79 Å². The molecule has 0 unspecified atom stereocenters. The largest absolute Gasteiger partial charge is 0.451 e. The van der Waals surface area contributed by atoms with Crippen LogP contribution in [0.2, 0.25) is 0 Å². The van der Waals surface area contributed by atoms with Gasteiger partial charge in [-0.2, -0.15) is 5.26 Å². The summed E-state index contributed by atoms with van der Waals surface area (Å²) in [6.45, 7) is 4.37. The SMILES string of the molecule is CC(C)c1ccc(/C=C(\C#N)C(=O)OCC(=O)N2CCc3ccccc32)cc1. The number of esters is 1. The second-order valence-corrected chi connectivity index (χ2v) is 6.99. The molecule has 1 aliphatic heterocycles. The first-order chi connectivity index (χ1) is 13.5. The van der Waals surface area contributed by atoms with Crippen molar-refractivity contribution in [3.63, 3.8) is 0 Å².